The van der Waals surface area contributed by atoms with Crippen LogP contribution < -0.4 is 5.73 Å². The molecule has 1 heteroatoms. The first-order valence-electron chi connectivity index (χ1n) is 7.97. The van der Waals surface area contributed by atoms with E-state index in [9.17, 15) is 0 Å². The first-order chi connectivity index (χ1) is 8.22. The number of rotatable bonds is 12. The zero-order chi connectivity index (χ0) is 12.9. The van der Waals surface area contributed by atoms with Gasteiger partial charge in [0.1, 0.15) is 0 Å². The molecule has 2 N–H and O–H groups in total. The van der Waals surface area contributed by atoms with Gasteiger partial charge in [-0.05, 0) is 25.7 Å². The highest BCUT2D eigenvalue weighted by atomic mass is 14.6. The Kier molecular flexibility index (Phi) is 12.4. The van der Waals surface area contributed by atoms with Gasteiger partial charge in [-0.15, -0.1) is 0 Å². The van der Waals surface area contributed by atoms with Gasteiger partial charge >= 0.3 is 0 Å². The van der Waals surface area contributed by atoms with Crippen molar-refractivity contribution in [3.05, 3.63) is 0 Å². The Morgan fingerprint density at radius 2 is 1.24 bits per heavy atom. The summed E-state index contributed by atoms with van der Waals surface area (Å²) in [4.78, 5) is 0. The summed E-state index contributed by atoms with van der Waals surface area (Å²) in [5.74, 6) is 0.764. The van der Waals surface area contributed by atoms with E-state index in [0.29, 0.717) is 6.04 Å². The molecule has 104 valence electrons. The summed E-state index contributed by atoms with van der Waals surface area (Å²) in [6.07, 6.45) is 15.3. The van der Waals surface area contributed by atoms with Gasteiger partial charge in [0.2, 0.25) is 0 Å². The molecule has 0 radical (unpaired) electrons. The van der Waals surface area contributed by atoms with Gasteiger partial charge in [0.05, 0.1) is 0 Å². The van der Waals surface area contributed by atoms with Crippen molar-refractivity contribution >= 4 is 0 Å². The minimum atomic E-state index is 0.388. The number of hydrogen-bond acceptors (Lipinski definition) is 1. The molecule has 0 amide bonds. The molecule has 0 aliphatic heterocycles. The molecule has 0 heterocycles. The highest BCUT2D eigenvalue weighted by molar-refractivity contribution is 4.68. The van der Waals surface area contributed by atoms with Crippen LogP contribution in [0.15, 0.2) is 0 Å². The van der Waals surface area contributed by atoms with Crippen LogP contribution in [-0.2, 0) is 0 Å². The predicted octanol–water partition coefficient (Wildman–Crippen LogP) is 5.28. The third-order valence-corrected chi connectivity index (χ3v) is 3.83. The summed E-state index contributed by atoms with van der Waals surface area (Å²) in [7, 11) is 0. The molecule has 0 saturated heterocycles. The van der Waals surface area contributed by atoms with Crippen LogP contribution >= 0.6 is 0 Å². The van der Waals surface area contributed by atoms with E-state index < -0.39 is 0 Å². The van der Waals surface area contributed by atoms with Gasteiger partial charge in [-0.1, -0.05) is 71.6 Å². The molecule has 0 aliphatic rings. The fourth-order valence-electron chi connectivity index (χ4n) is 2.58. The molecule has 17 heavy (non-hydrogen) atoms. The van der Waals surface area contributed by atoms with Gasteiger partial charge in [-0.25, -0.2) is 0 Å². The molecule has 0 saturated carbocycles. The van der Waals surface area contributed by atoms with Gasteiger partial charge in [0.25, 0.3) is 0 Å². The molecule has 0 fully saturated rings. The predicted molar refractivity (Wildman–Crippen MR) is 79.3 cm³/mol. The third kappa shape index (κ3) is 10.8. The van der Waals surface area contributed by atoms with E-state index in [1.54, 1.807) is 0 Å². The Morgan fingerprint density at radius 3 is 1.71 bits per heavy atom. The van der Waals surface area contributed by atoms with Crippen LogP contribution in [0.4, 0.5) is 0 Å². The largest absolute Gasteiger partial charge is 0.328 e. The molecule has 1 nitrogen and oxygen atoms in total. The van der Waals surface area contributed by atoms with Gasteiger partial charge in [-0.3, -0.25) is 0 Å². The lowest BCUT2D eigenvalue weighted by molar-refractivity contribution is 0.366. The minimum absolute atomic E-state index is 0.388. The molecule has 2 atom stereocenters. The van der Waals surface area contributed by atoms with Crippen molar-refractivity contribution < 1.29 is 0 Å². The summed E-state index contributed by atoms with van der Waals surface area (Å²) >= 11 is 0. The zero-order valence-electron chi connectivity index (χ0n) is 12.5. The highest BCUT2D eigenvalue weighted by Crippen LogP contribution is 2.19. The van der Waals surface area contributed by atoms with Gasteiger partial charge in [0.15, 0.2) is 0 Å². The molecule has 0 aliphatic carbocycles. The Bertz CT molecular complexity index is 142. The lowest BCUT2D eigenvalue weighted by Gasteiger charge is -2.19. The number of hydrogen-bond donors (Lipinski definition) is 1. The molecule has 2 unspecified atom stereocenters. The van der Waals surface area contributed by atoms with Crippen molar-refractivity contribution in [1.29, 1.82) is 0 Å². The lowest BCUT2D eigenvalue weighted by Crippen LogP contribution is -2.26. The van der Waals surface area contributed by atoms with Gasteiger partial charge in [0, 0.05) is 6.04 Å². The fourth-order valence-corrected chi connectivity index (χ4v) is 2.58. The van der Waals surface area contributed by atoms with Crippen molar-refractivity contribution in [2.24, 2.45) is 11.7 Å². The second-order valence-corrected chi connectivity index (χ2v) is 5.67. The van der Waals surface area contributed by atoms with Crippen molar-refractivity contribution in [2.75, 3.05) is 0 Å². The van der Waals surface area contributed by atoms with Crippen molar-refractivity contribution in [1.82, 2.24) is 0 Å². The molecule has 0 aromatic carbocycles. The molecule has 0 aromatic heterocycles. The summed E-state index contributed by atoms with van der Waals surface area (Å²) in [5, 5.41) is 0. The Balaban J connectivity index is 3.30. The van der Waals surface area contributed by atoms with E-state index in [-0.39, 0.29) is 0 Å². The topological polar surface area (TPSA) is 26.0 Å². The van der Waals surface area contributed by atoms with E-state index in [4.69, 9.17) is 5.73 Å². The molecule has 0 rings (SSSR count). The normalized spacial score (nSPS) is 14.8. The van der Waals surface area contributed by atoms with E-state index >= 15 is 0 Å². The molecule has 0 bridgehead atoms. The number of unbranched alkanes of at least 4 members (excludes halogenated alkanes) is 7. The monoisotopic (exact) mass is 241 g/mol. The van der Waals surface area contributed by atoms with Crippen LogP contribution in [0.5, 0.6) is 0 Å². The second-order valence-electron chi connectivity index (χ2n) is 5.67. The highest BCUT2D eigenvalue weighted by Gasteiger charge is 2.11. The summed E-state index contributed by atoms with van der Waals surface area (Å²) in [6.45, 7) is 6.72. The summed E-state index contributed by atoms with van der Waals surface area (Å²) in [6, 6.07) is 0.388. The molecule has 0 spiro atoms. The Morgan fingerprint density at radius 1 is 0.706 bits per heavy atom. The first kappa shape index (κ1) is 17.0. The Hall–Kier alpha value is -0.0400. The SMILES string of the molecule is CCCCCCCCCCC(CCC)C(C)N. The maximum atomic E-state index is 6.02. The molecule has 0 aromatic rings. The smallest absolute Gasteiger partial charge is 0.00387 e. The van der Waals surface area contributed by atoms with Crippen molar-refractivity contribution in [3.63, 3.8) is 0 Å². The van der Waals surface area contributed by atoms with Crippen LogP contribution in [0.2, 0.25) is 0 Å². The summed E-state index contributed by atoms with van der Waals surface area (Å²) in [5.41, 5.74) is 6.02. The summed E-state index contributed by atoms with van der Waals surface area (Å²) < 4.78 is 0. The average Bonchev–Trinajstić information content (AvgIpc) is 2.31. The van der Waals surface area contributed by atoms with Crippen LogP contribution in [0.25, 0.3) is 0 Å². The van der Waals surface area contributed by atoms with Crippen LogP contribution in [0.1, 0.15) is 91.4 Å². The maximum Gasteiger partial charge on any atom is 0.00387 e. The number of nitrogens with two attached hydrogens (primary N) is 1. The first-order valence-corrected chi connectivity index (χ1v) is 7.97. The lowest BCUT2D eigenvalue weighted by atomic mass is 9.90. The van der Waals surface area contributed by atoms with Crippen LogP contribution in [0, 0.1) is 5.92 Å². The van der Waals surface area contributed by atoms with E-state index in [0.717, 1.165) is 5.92 Å². The molecular formula is C16H35N. The quantitative estimate of drug-likeness (QED) is 0.462. The van der Waals surface area contributed by atoms with E-state index in [2.05, 4.69) is 20.8 Å². The van der Waals surface area contributed by atoms with E-state index in [1.165, 1.54) is 70.6 Å². The van der Waals surface area contributed by atoms with Crippen molar-refractivity contribution in [2.45, 2.75) is 97.4 Å². The Labute approximate surface area is 110 Å². The van der Waals surface area contributed by atoms with E-state index in [1.807, 2.05) is 0 Å². The fraction of sp³-hybridized carbons (Fsp3) is 1.00. The average molecular weight is 241 g/mol. The van der Waals surface area contributed by atoms with Crippen LogP contribution in [0.3, 0.4) is 0 Å². The zero-order valence-corrected chi connectivity index (χ0v) is 12.5. The van der Waals surface area contributed by atoms with Gasteiger partial charge in [-0.2, -0.15) is 0 Å². The second kappa shape index (κ2) is 12.4. The van der Waals surface area contributed by atoms with Crippen LogP contribution in [-0.4, -0.2) is 6.04 Å². The third-order valence-electron chi connectivity index (χ3n) is 3.83. The van der Waals surface area contributed by atoms with Gasteiger partial charge < -0.3 is 5.73 Å². The molecular weight excluding hydrogens is 206 g/mol. The van der Waals surface area contributed by atoms with Crippen molar-refractivity contribution in [3.8, 4) is 0 Å². The maximum absolute atomic E-state index is 6.02. The minimum Gasteiger partial charge on any atom is -0.328 e. The standard InChI is InChI=1S/C16H35N/c1-4-6-7-8-9-10-11-12-14-16(13-5-2)15(3)17/h15-16H,4-14,17H2,1-3H3.